The molecule has 1 rings (SSSR count). The molecule has 0 bridgehead atoms. The summed E-state index contributed by atoms with van der Waals surface area (Å²) in [6, 6.07) is 9.32. The van der Waals surface area contributed by atoms with E-state index < -0.39 is 16.0 Å². The first-order valence-corrected chi connectivity index (χ1v) is 5.02. The van der Waals surface area contributed by atoms with Gasteiger partial charge in [-0.15, -0.1) is 0 Å². The first-order valence-electron chi connectivity index (χ1n) is 3.94. The van der Waals surface area contributed by atoms with Gasteiger partial charge >= 0.3 is 0 Å². The van der Waals surface area contributed by atoms with Crippen molar-refractivity contribution >= 4 is 11.1 Å². The fraction of sp³-hybridized carbons (Fsp3) is 0.333. The summed E-state index contributed by atoms with van der Waals surface area (Å²) in [5.41, 5.74) is 6.51. The third-order valence-electron chi connectivity index (χ3n) is 1.78. The molecular weight excluding hydrogens is 186 g/mol. The molecule has 13 heavy (non-hydrogen) atoms. The summed E-state index contributed by atoms with van der Waals surface area (Å²) in [7, 11) is 0. The van der Waals surface area contributed by atoms with Gasteiger partial charge in [0.25, 0.3) is 0 Å². The van der Waals surface area contributed by atoms with Crippen LogP contribution in [-0.2, 0) is 17.5 Å². The molecular formula is C9H12NO2S-. The Bertz CT molecular complexity index is 298. The number of hydrogen-bond acceptors (Lipinski definition) is 3. The van der Waals surface area contributed by atoms with Gasteiger partial charge in [0.15, 0.2) is 0 Å². The van der Waals surface area contributed by atoms with Crippen LogP contribution in [0.1, 0.15) is 12.5 Å². The summed E-state index contributed by atoms with van der Waals surface area (Å²) < 4.78 is 21.4. The van der Waals surface area contributed by atoms with Crippen LogP contribution in [0.25, 0.3) is 0 Å². The molecule has 0 aliphatic rings. The highest BCUT2D eigenvalue weighted by molar-refractivity contribution is 7.80. The fourth-order valence-corrected chi connectivity index (χ4v) is 1.34. The van der Waals surface area contributed by atoms with Crippen molar-refractivity contribution in [3.05, 3.63) is 35.9 Å². The Morgan fingerprint density at radius 3 is 2.46 bits per heavy atom. The summed E-state index contributed by atoms with van der Waals surface area (Å²) >= 11 is -2.25. The van der Waals surface area contributed by atoms with E-state index in [-0.39, 0.29) is 0 Å². The molecule has 2 atom stereocenters. The van der Waals surface area contributed by atoms with E-state index in [0.29, 0.717) is 6.42 Å². The molecule has 0 spiro atoms. The van der Waals surface area contributed by atoms with Crippen LogP contribution in [0.5, 0.6) is 0 Å². The Morgan fingerprint density at radius 1 is 1.46 bits per heavy atom. The van der Waals surface area contributed by atoms with Crippen molar-refractivity contribution in [2.24, 2.45) is 5.73 Å². The highest BCUT2D eigenvalue weighted by atomic mass is 32.2. The fourth-order valence-electron chi connectivity index (χ4n) is 1.06. The zero-order chi connectivity index (χ0) is 9.90. The van der Waals surface area contributed by atoms with Gasteiger partial charge in [-0.3, -0.25) is 4.21 Å². The molecule has 1 aromatic rings. The van der Waals surface area contributed by atoms with Crippen molar-refractivity contribution in [1.82, 2.24) is 0 Å². The van der Waals surface area contributed by atoms with E-state index in [2.05, 4.69) is 0 Å². The van der Waals surface area contributed by atoms with Crippen LogP contribution < -0.4 is 5.73 Å². The number of benzene rings is 1. The monoisotopic (exact) mass is 198 g/mol. The Morgan fingerprint density at radius 2 is 2.00 bits per heavy atom. The van der Waals surface area contributed by atoms with Crippen molar-refractivity contribution in [2.45, 2.75) is 18.2 Å². The standard InChI is InChI=1S/C9H13NO2S/c1-9(10,13(11)12)7-8-5-3-2-4-6-8/h2-6H,7,10H2,1H3,(H,11,12)/p-1. The van der Waals surface area contributed by atoms with Crippen LogP contribution in [0.4, 0.5) is 0 Å². The second-order valence-corrected chi connectivity index (χ2v) is 4.61. The summed E-state index contributed by atoms with van der Waals surface area (Å²) in [5.74, 6) is 0. The van der Waals surface area contributed by atoms with E-state index in [4.69, 9.17) is 5.73 Å². The average molecular weight is 198 g/mol. The minimum Gasteiger partial charge on any atom is -0.771 e. The molecule has 0 saturated carbocycles. The molecule has 0 saturated heterocycles. The van der Waals surface area contributed by atoms with E-state index in [1.807, 2.05) is 30.3 Å². The van der Waals surface area contributed by atoms with Gasteiger partial charge in [-0.25, -0.2) is 0 Å². The molecule has 72 valence electrons. The van der Waals surface area contributed by atoms with Crippen LogP contribution in [0.3, 0.4) is 0 Å². The number of nitrogens with two attached hydrogens (primary N) is 1. The molecule has 0 fully saturated rings. The van der Waals surface area contributed by atoms with Gasteiger partial charge in [-0.05, 0) is 23.6 Å². The normalized spacial score (nSPS) is 17.8. The lowest BCUT2D eigenvalue weighted by Crippen LogP contribution is -2.42. The van der Waals surface area contributed by atoms with E-state index in [0.717, 1.165) is 5.56 Å². The number of hydrogen-bond donors (Lipinski definition) is 1. The summed E-state index contributed by atoms with van der Waals surface area (Å²) in [5, 5.41) is 0. The smallest absolute Gasteiger partial charge is 0.0800 e. The van der Waals surface area contributed by atoms with Crippen molar-refractivity contribution in [1.29, 1.82) is 0 Å². The Labute approximate surface area is 80.2 Å². The molecule has 0 amide bonds. The van der Waals surface area contributed by atoms with Gasteiger partial charge in [-0.2, -0.15) is 0 Å². The maximum Gasteiger partial charge on any atom is 0.0800 e. The minimum atomic E-state index is -2.25. The SMILES string of the molecule is CC(N)(Cc1ccccc1)S(=O)[O-]. The zero-order valence-electron chi connectivity index (χ0n) is 7.40. The Hall–Kier alpha value is -0.710. The lowest BCUT2D eigenvalue weighted by atomic mass is 10.1. The van der Waals surface area contributed by atoms with E-state index in [1.54, 1.807) is 0 Å². The summed E-state index contributed by atoms with van der Waals surface area (Å²) in [6.07, 6.45) is 0.337. The van der Waals surface area contributed by atoms with Crippen molar-refractivity contribution in [3.63, 3.8) is 0 Å². The van der Waals surface area contributed by atoms with E-state index in [9.17, 15) is 8.76 Å². The average Bonchev–Trinajstić information content (AvgIpc) is 2.05. The van der Waals surface area contributed by atoms with Crippen molar-refractivity contribution < 1.29 is 8.76 Å². The maximum absolute atomic E-state index is 10.7. The van der Waals surface area contributed by atoms with Gasteiger partial charge in [-0.1, -0.05) is 30.3 Å². The molecule has 3 nitrogen and oxygen atoms in total. The van der Waals surface area contributed by atoms with Gasteiger partial charge in [0.2, 0.25) is 0 Å². The largest absolute Gasteiger partial charge is 0.771 e. The first-order chi connectivity index (χ1) is 6.02. The molecule has 0 heterocycles. The lowest BCUT2D eigenvalue weighted by molar-refractivity contribution is 0.485. The topological polar surface area (TPSA) is 66.2 Å². The Balaban J connectivity index is 2.75. The van der Waals surface area contributed by atoms with Crippen LogP contribution in [-0.4, -0.2) is 13.6 Å². The maximum atomic E-state index is 10.7. The second-order valence-electron chi connectivity index (χ2n) is 3.21. The molecule has 0 aliphatic heterocycles. The molecule has 0 aliphatic carbocycles. The highest BCUT2D eigenvalue weighted by Gasteiger charge is 2.19. The third kappa shape index (κ3) is 2.91. The molecule has 0 radical (unpaired) electrons. The van der Waals surface area contributed by atoms with Gasteiger partial charge in [0.1, 0.15) is 0 Å². The van der Waals surface area contributed by atoms with Crippen LogP contribution in [0.15, 0.2) is 30.3 Å². The minimum absolute atomic E-state index is 0.337. The van der Waals surface area contributed by atoms with E-state index >= 15 is 0 Å². The summed E-state index contributed by atoms with van der Waals surface area (Å²) in [4.78, 5) is -1.18. The van der Waals surface area contributed by atoms with Gasteiger partial charge < -0.3 is 10.3 Å². The van der Waals surface area contributed by atoms with Crippen molar-refractivity contribution in [3.8, 4) is 0 Å². The molecule has 4 heteroatoms. The van der Waals surface area contributed by atoms with Crippen LogP contribution in [0, 0.1) is 0 Å². The summed E-state index contributed by atoms with van der Waals surface area (Å²) in [6.45, 7) is 1.50. The molecule has 0 aromatic heterocycles. The predicted octanol–water partition coefficient (Wildman–Crippen LogP) is 0.783. The molecule has 2 N–H and O–H groups in total. The van der Waals surface area contributed by atoms with Crippen LogP contribution >= 0.6 is 0 Å². The van der Waals surface area contributed by atoms with Crippen LogP contribution in [0.2, 0.25) is 0 Å². The second kappa shape index (κ2) is 4.00. The van der Waals surface area contributed by atoms with Crippen molar-refractivity contribution in [2.75, 3.05) is 0 Å². The van der Waals surface area contributed by atoms with Gasteiger partial charge in [0, 0.05) is 6.42 Å². The quantitative estimate of drug-likeness (QED) is 0.730. The zero-order valence-corrected chi connectivity index (χ0v) is 8.21. The highest BCUT2D eigenvalue weighted by Crippen LogP contribution is 2.12. The third-order valence-corrected chi connectivity index (χ3v) is 2.68. The molecule has 1 aromatic carbocycles. The predicted molar refractivity (Wildman–Crippen MR) is 51.7 cm³/mol. The van der Waals surface area contributed by atoms with Gasteiger partial charge in [0.05, 0.1) is 4.87 Å². The Kier molecular flexibility index (Phi) is 3.19. The first kappa shape index (κ1) is 10.4. The molecule has 2 unspecified atom stereocenters. The lowest BCUT2D eigenvalue weighted by Gasteiger charge is -2.27. The number of rotatable bonds is 3. The van der Waals surface area contributed by atoms with E-state index in [1.165, 1.54) is 6.92 Å².